The summed E-state index contributed by atoms with van der Waals surface area (Å²) in [5.74, 6) is -0.897. The molecule has 1 saturated heterocycles. The zero-order valence-corrected chi connectivity index (χ0v) is 18.8. The number of anilines is 1. The van der Waals surface area contributed by atoms with E-state index in [-0.39, 0.29) is 22.5 Å². The summed E-state index contributed by atoms with van der Waals surface area (Å²) in [6.45, 7) is 3.79. The highest BCUT2D eigenvalue weighted by atomic mass is 32.1. The summed E-state index contributed by atoms with van der Waals surface area (Å²) in [7, 11) is 1.46. The van der Waals surface area contributed by atoms with Crippen LogP contribution in [-0.4, -0.2) is 30.1 Å². The summed E-state index contributed by atoms with van der Waals surface area (Å²) in [6, 6.07) is 9.11. The Morgan fingerprint density at radius 3 is 2.52 bits per heavy atom. The van der Waals surface area contributed by atoms with Gasteiger partial charge in [-0.1, -0.05) is 25.1 Å². The molecule has 33 heavy (non-hydrogen) atoms. The predicted octanol–water partition coefficient (Wildman–Crippen LogP) is 4.72. The first-order valence-corrected chi connectivity index (χ1v) is 10.4. The lowest BCUT2D eigenvalue weighted by molar-refractivity contribution is -0.137. The van der Waals surface area contributed by atoms with Crippen LogP contribution in [0.15, 0.2) is 48.0 Å². The van der Waals surface area contributed by atoms with Gasteiger partial charge in [-0.25, -0.2) is 0 Å². The van der Waals surface area contributed by atoms with Gasteiger partial charge in [0, 0.05) is 5.56 Å². The molecule has 0 radical (unpaired) electrons. The molecule has 3 rings (SSSR count). The number of thiocarbonyl (C=S) groups is 1. The monoisotopic (exact) mass is 478 g/mol. The van der Waals surface area contributed by atoms with Crippen molar-refractivity contribution in [2.24, 2.45) is 0 Å². The molecule has 1 aliphatic rings. The van der Waals surface area contributed by atoms with E-state index in [1.165, 1.54) is 19.3 Å². The highest BCUT2D eigenvalue weighted by Crippen LogP contribution is 2.35. The van der Waals surface area contributed by atoms with E-state index in [1.807, 2.05) is 13.8 Å². The number of hydrogen-bond donors (Lipinski definition) is 1. The number of nitrogens with one attached hydrogen (secondary N) is 1. The molecule has 1 aliphatic heterocycles. The molecule has 1 fully saturated rings. The minimum Gasteiger partial charge on any atom is -0.493 e. The number of amides is 2. The second kappa shape index (κ2) is 9.62. The lowest BCUT2D eigenvalue weighted by Crippen LogP contribution is -2.54. The molecule has 0 bridgehead atoms. The maximum Gasteiger partial charge on any atom is 0.416 e. The molecule has 2 aromatic carbocycles. The molecule has 1 N–H and O–H groups in total. The Morgan fingerprint density at radius 1 is 1.18 bits per heavy atom. The number of carbonyl (C=O) groups excluding carboxylic acids is 2. The van der Waals surface area contributed by atoms with Crippen LogP contribution in [0.3, 0.4) is 0 Å². The fourth-order valence-electron chi connectivity index (χ4n) is 3.09. The van der Waals surface area contributed by atoms with Crippen molar-refractivity contribution in [3.05, 3.63) is 59.2 Å². The predicted molar refractivity (Wildman–Crippen MR) is 121 cm³/mol. The van der Waals surface area contributed by atoms with Crippen LogP contribution in [0.25, 0.3) is 6.08 Å². The Kier molecular flexibility index (Phi) is 7.06. The Labute approximate surface area is 194 Å². The van der Waals surface area contributed by atoms with Crippen molar-refractivity contribution in [1.29, 1.82) is 0 Å². The Bertz CT molecular complexity index is 1130. The maximum atomic E-state index is 13.2. The van der Waals surface area contributed by atoms with Gasteiger partial charge in [-0.2, -0.15) is 13.2 Å². The Balaban J connectivity index is 2.07. The second-order valence-electron chi connectivity index (χ2n) is 7.22. The molecular weight excluding hydrogens is 457 g/mol. The standard InChI is InChI=1S/C23H21F3N2O4S/c1-4-13(2)32-19-14(7-5-10-18(19)31-3)11-17-20(29)27-22(33)28(21(17)30)16-9-6-8-15(12-16)23(24,25)26/h5-13H,4H2,1-3H3,(H,27,29,33)/b17-11+/t13-/m1/s1. The van der Waals surface area contributed by atoms with Gasteiger partial charge in [0.05, 0.1) is 24.5 Å². The van der Waals surface area contributed by atoms with Gasteiger partial charge in [0.2, 0.25) is 0 Å². The normalized spacial score (nSPS) is 16.6. The summed E-state index contributed by atoms with van der Waals surface area (Å²) in [4.78, 5) is 26.7. The number of halogens is 3. The van der Waals surface area contributed by atoms with Crippen molar-refractivity contribution < 1.29 is 32.2 Å². The minimum absolute atomic E-state index is 0.118. The highest BCUT2D eigenvalue weighted by molar-refractivity contribution is 7.80. The first-order valence-electron chi connectivity index (χ1n) is 9.99. The molecule has 10 heteroatoms. The number of methoxy groups -OCH3 is 1. The van der Waals surface area contributed by atoms with Crippen LogP contribution >= 0.6 is 12.2 Å². The van der Waals surface area contributed by atoms with E-state index in [9.17, 15) is 22.8 Å². The second-order valence-corrected chi connectivity index (χ2v) is 7.61. The van der Waals surface area contributed by atoms with E-state index < -0.39 is 23.6 Å². The summed E-state index contributed by atoms with van der Waals surface area (Å²) in [6.07, 6.45) is -2.78. The summed E-state index contributed by atoms with van der Waals surface area (Å²) < 4.78 is 50.8. The van der Waals surface area contributed by atoms with E-state index in [2.05, 4.69) is 5.32 Å². The molecule has 6 nitrogen and oxygen atoms in total. The molecule has 174 valence electrons. The SMILES string of the molecule is CC[C@@H](C)Oc1c(/C=C2\C(=O)NC(=S)N(c3cccc(C(F)(F)F)c3)C2=O)cccc1OC. The minimum atomic E-state index is -4.61. The number of alkyl halides is 3. The maximum absolute atomic E-state index is 13.2. The first-order chi connectivity index (χ1) is 15.6. The molecule has 2 aromatic rings. The van der Waals surface area contributed by atoms with Gasteiger partial charge >= 0.3 is 6.18 Å². The Hall–Kier alpha value is -3.40. The number of ether oxygens (including phenoxy) is 2. The molecule has 2 amide bonds. The third-order valence-corrected chi connectivity index (χ3v) is 5.24. The lowest BCUT2D eigenvalue weighted by Gasteiger charge is -2.29. The third-order valence-electron chi connectivity index (χ3n) is 4.96. The van der Waals surface area contributed by atoms with Crippen LogP contribution in [0.1, 0.15) is 31.4 Å². The van der Waals surface area contributed by atoms with Crippen LogP contribution in [0.4, 0.5) is 18.9 Å². The zero-order valence-electron chi connectivity index (χ0n) is 18.0. The third kappa shape index (κ3) is 5.16. The van der Waals surface area contributed by atoms with E-state index in [0.29, 0.717) is 23.5 Å². The fourth-order valence-corrected chi connectivity index (χ4v) is 3.37. The van der Waals surface area contributed by atoms with Crippen molar-refractivity contribution >= 4 is 40.9 Å². The first kappa shape index (κ1) is 24.2. The number of benzene rings is 2. The van der Waals surface area contributed by atoms with E-state index >= 15 is 0 Å². The topological polar surface area (TPSA) is 67.9 Å². The van der Waals surface area contributed by atoms with Crippen LogP contribution in [0, 0.1) is 0 Å². The quantitative estimate of drug-likeness (QED) is 0.370. The van der Waals surface area contributed by atoms with E-state index in [0.717, 1.165) is 23.1 Å². The van der Waals surface area contributed by atoms with Crippen molar-refractivity contribution in [3.63, 3.8) is 0 Å². The zero-order chi connectivity index (χ0) is 24.3. The number of rotatable bonds is 6. The summed E-state index contributed by atoms with van der Waals surface area (Å²) >= 11 is 5.08. The molecule has 0 spiro atoms. The largest absolute Gasteiger partial charge is 0.493 e. The average molecular weight is 478 g/mol. The molecule has 0 saturated carbocycles. The fraction of sp³-hybridized carbons (Fsp3) is 0.261. The smallest absolute Gasteiger partial charge is 0.416 e. The van der Waals surface area contributed by atoms with Gasteiger partial charge in [0.15, 0.2) is 16.6 Å². The van der Waals surface area contributed by atoms with E-state index in [4.69, 9.17) is 21.7 Å². The van der Waals surface area contributed by atoms with Crippen molar-refractivity contribution in [1.82, 2.24) is 5.32 Å². The van der Waals surface area contributed by atoms with Gasteiger partial charge in [0.1, 0.15) is 5.57 Å². The lowest BCUT2D eigenvalue weighted by atomic mass is 10.0. The number of para-hydroxylation sites is 1. The average Bonchev–Trinajstić information content (AvgIpc) is 2.76. The number of hydrogen-bond acceptors (Lipinski definition) is 5. The van der Waals surface area contributed by atoms with Gasteiger partial charge in [-0.05, 0) is 55.9 Å². The van der Waals surface area contributed by atoms with Crippen LogP contribution in [-0.2, 0) is 15.8 Å². The summed E-state index contributed by atoms with van der Waals surface area (Å²) in [5, 5.41) is 2.05. The molecule has 0 aliphatic carbocycles. The summed E-state index contributed by atoms with van der Waals surface area (Å²) in [5.41, 5.74) is -0.990. The van der Waals surface area contributed by atoms with E-state index in [1.54, 1.807) is 18.2 Å². The molecule has 0 unspecified atom stereocenters. The van der Waals surface area contributed by atoms with Crippen molar-refractivity contribution in [2.45, 2.75) is 32.5 Å². The van der Waals surface area contributed by atoms with Crippen molar-refractivity contribution in [2.75, 3.05) is 12.0 Å². The van der Waals surface area contributed by atoms with Gasteiger partial charge in [-0.15, -0.1) is 0 Å². The number of nitrogens with zero attached hydrogens (tertiary/aromatic N) is 1. The van der Waals surface area contributed by atoms with Crippen LogP contribution < -0.4 is 19.7 Å². The van der Waals surface area contributed by atoms with Gasteiger partial charge in [0.25, 0.3) is 11.8 Å². The Morgan fingerprint density at radius 2 is 1.88 bits per heavy atom. The molecular formula is C23H21F3N2O4S. The van der Waals surface area contributed by atoms with Crippen molar-refractivity contribution in [3.8, 4) is 11.5 Å². The molecule has 0 aromatic heterocycles. The van der Waals surface area contributed by atoms with Crippen LogP contribution in [0.5, 0.6) is 11.5 Å². The molecule has 1 atom stereocenters. The highest BCUT2D eigenvalue weighted by Gasteiger charge is 2.37. The van der Waals surface area contributed by atoms with Gasteiger partial charge < -0.3 is 9.47 Å². The van der Waals surface area contributed by atoms with Crippen LogP contribution in [0.2, 0.25) is 0 Å². The van der Waals surface area contributed by atoms with Gasteiger partial charge in [-0.3, -0.25) is 19.8 Å². The molecule has 1 heterocycles. The number of carbonyl (C=O) groups is 2.